The molecule has 1 heterocycles. The molecule has 2 unspecified atom stereocenters. The van der Waals surface area contributed by atoms with Gasteiger partial charge in [-0.25, -0.2) is 0 Å². The van der Waals surface area contributed by atoms with Crippen molar-refractivity contribution in [3.8, 4) is 11.5 Å². The summed E-state index contributed by atoms with van der Waals surface area (Å²) >= 11 is 0. The summed E-state index contributed by atoms with van der Waals surface area (Å²) in [6.07, 6.45) is 5.38. The molecule has 1 amide bonds. The van der Waals surface area contributed by atoms with Crippen molar-refractivity contribution in [2.24, 2.45) is 23.5 Å². The number of nitrogens with one attached hydrogen (secondary N) is 1. The first-order valence-corrected chi connectivity index (χ1v) is 9.53. The second-order valence-corrected chi connectivity index (χ2v) is 7.75. The first-order chi connectivity index (χ1) is 12.6. The maximum atomic E-state index is 12.6. The molecule has 3 N–H and O–H groups in total. The Morgan fingerprint density at radius 1 is 1.26 bits per heavy atom. The molecule has 2 saturated carbocycles. The number of halogens is 1. The number of benzene rings is 1. The molecule has 7 heteroatoms. The van der Waals surface area contributed by atoms with Gasteiger partial charge in [0.15, 0.2) is 5.82 Å². The van der Waals surface area contributed by atoms with Gasteiger partial charge >= 0.3 is 0 Å². The third kappa shape index (κ3) is 4.17. The molecular weight excluding hydrogens is 364 g/mol. The van der Waals surface area contributed by atoms with Gasteiger partial charge < -0.3 is 15.6 Å². The van der Waals surface area contributed by atoms with Crippen LogP contribution < -0.4 is 11.1 Å². The average molecular weight is 391 g/mol. The normalized spacial score (nSPS) is 26.9. The lowest BCUT2D eigenvalue weighted by molar-refractivity contribution is -0.128. The fourth-order valence-electron chi connectivity index (χ4n) is 4.56. The molecule has 1 aromatic heterocycles. The summed E-state index contributed by atoms with van der Waals surface area (Å²) in [5.74, 6) is 2.14. The Balaban J connectivity index is 0.00000210. The molecule has 1 aromatic carbocycles. The molecule has 0 spiro atoms. The van der Waals surface area contributed by atoms with Crippen LogP contribution in [0.3, 0.4) is 0 Å². The van der Waals surface area contributed by atoms with E-state index in [0.717, 1.165) is 36.8 Å². The minimum Gasteiger partial charge on any atom is -0.348 e. The van der Waals surface area contributed by atoms with Crippen LogP contribution in [0.5, 0.6) is 0 Å². The summed E-state index contributed by atoms with van der Waals surface area (Å²) in [5, 5.41) is 6.99. The highest BCUT2D eigenvalue weighted by Crippen LogP contribution is 2.41. The summed E-state index contributed by atoms with van der Waals surface area (Å²) < 4.78 is 5.36. The van der Waals surface area contributed by atoms with Gasteiger partial charge in [-0.3, -0.25) is 4.79 Å². The van der Waals surface area contributed by atoms with Crippen LogP contribution in [-0.4, -0.2) is 22.1 Å². The van der Waals surface area contributed by atoms with Crippen LogP contribution in [0, 0.1) is 24.7 Å². The van der Waals surface area contributed by atoms with Gasteiger partial charge in [-0.05, 0) is 56.1 Å². The molecule has 0 saturated heterocycles. The van der Waals surface area contributed by atoms with Crippen molar-refractivity contribution in [3.05, 3.63) is 35.7 Å². The molecule has 6 nitrogen and oxygen atoms in total. The van der Waals surface area contributed by atoms with Crippen molar-refractivity contribution in [1.29, 1.82) is 0 Å². The highest BCUT2D eigenvalue weighted by molar-refractivity contribution is 5.85. The summed E-state index contributed by atoms with van der Waals surface area (Å²) in [4.78, 5) is 17.0. The third-order valence-electron chi connectivity index (χ3n) is 6.05. The van der Waals surface area contributed by atoms with Crippen molar-refractivity contribution >= 4 is 18.3 Å². The summed E-state index contributed by atoms with van der Waals surface area (Å²) in [6.45, 7) is 2.30. The van der Waals surface area contributed by atoms with Crippen LogP contribution in [0.15, 0.2) is 28.8 Å². The van der Waals surface area contributed by atoms with Gasteiger partial charge in [0.25, 0.3) is 5.89 Å². The summed E-state index contributed by atoms with van der Waals surface area (Å²) in [5.41, 5.74) is 8.32. The van der Waals surface area contributed by atoms with Gasteiger partial charge in [0.1, 0.15) is 0 Å². The molecule has 2 atom stereocenters. The van der Waals surface area contributed by atoms with E-state index in [9.17, 15) is 4.79 Å². The van der Waals surface area contributed by atoms with Crippen molar-refractivity contribution in [3.63, 3.8) is 0 Å². The minimum absolute atomic E-state index is 0. The minimum atomic E-state index is 0. The molecule has 27 heavy (non-hydrogen) atoms. The van der Waals surface area contributed by atoms with Gasteiger partial charge in [0.2, 0.25) is 5.91 Å². The number of aromatic nitrogens is 2. The topological polar surface area (TPSA) is 94.0 Å². The zero-order valence-corrected chi connectivity index (χ0v) is 16.4. The number of aryl methyl sites for hydroxylation is 1. The highest BCUT2D eigenvalue weighted by Gasteiger charge is 2.40. The van der Waals surface area contributed by atoms with Gasteiger partial charge in [-0.15, -0.1) is 12.4 Å². The number of nitrogens with two attached hydrogens (primary N) is 1. The number of amides is 1. The Morgan fingerprint density at radius 3 is 2.67 bits per heavy atom. The Hall–Kier alpha value is -1.92. The molecule has 146 valence electrons. The zero-order chi connectivity index (χ0) is 18.1. The van der Waals surface area contributed by atoms with Crippen molar-refractivity contribution in [2.45, 2.75) is 51.6 Å². The summed E-state index contributed by atoms with van der Waals surface area (Å²) in [6, 6.07) is 8.16. The quantitative estimate of drug-likeness (QED) is 0.835. The fraction of sp³-hybridized carbons (Fsp3) is 0.550. The lowest BCUT2D eigenvalue weighted by Gasteiger charge is -2.43. The zero-order valence-electron chi connectivity index (χ0n) is 15.6. The van der Waals surface area contributed by atoms with Crippen LogP contribution in [0.4, 0.5) is 0 Å². The van der Waals surface area contributed by atoms with E-state index in [1.807, 2.05) is 31.2 Å². The molecule has 2 bridgehead atoms. The number of carbonyl (C=O) groups is 1. The van der Waals surface area contributed by atoms with Crippen LogP contribution in [0.2, 0.25) is 0 Å². The average Bonchev–Trinajstić information content (AvgIpc) is 3.08. The second-order valence-electron chi connectivity index (χ2n) is 7.75. The number of fused-ring (bicyclic) bond motifs is 2. The van der Waals surface area contributed by atoms with Crippen molar-refractivity contribution in [1.82, 2.24) is 15.5 Å². The highest BCUT2D eigenvalue weighted by atomic mass is 35.5. The first-order valence-electron chi connectivity index (χ1n) is 9.53. The molecule has 2 fully saturated rings. The number of carbonyl (C=O) groups excluding carboxylic acids is 1. The van der Waals surface area contributed by atoms with Crippen molar-refractivity contribution in [2.75, 3.05) is 0 Å². The van der Waals surface area contributed by atoms with E-state index >= 15 is 0 Å². The van der Waals surface area contributed by atoms with Gasteiger partial charge in [0.05, 0.1) is 6.54 Å². The van der Waals surface area contributed by atoms with E-state index in [0.29, 0.717) is 30.1 Å². The van der Waals surface area contributed by atoms with E-state index in [2.05, 4.69) is 15.5 Å². The number of nitrogens with zero attached hydrogens (tertiary/aromatic N) is 2. The predicted molar refractivity (Wildman–Crippen MR) is 105 cm³/mol. The fourth-order valence-corrected chi connectivity index (χ4v) is 4.56. The molecule has 2 aromatic rings. The molecule has 2 aliphatic carbocycles. The standard InChI is InChI=1S/C20H26N4O2.ClH/c1-12-5-2-3-8-16(12)20-23-17(24-26-20)11-22-19(25)15-9-13-6-4-7-14(10-15)18(13)21;/h2-3,5,8,13-15,18H,4,6-7,9-11,21H2,1H3,(H,22,25);1H. The Kier molecular flexibility index (Phi) is 6.17. The number of hydrogen-bond acceptors (Lipinski definition) is 5. The van der Waals surface area contributed by atoms with E-state index in [-0.39, 0.29) is 30.3 Å². The van der Waals surface area contributed by atoms with Crippen molar-refractivity contribution < 1.29 is 9.32 Å². The van der Waals surface area contributed by atoms with Gasteiger partial charge in [-0.1, -0.05) is 29.8 Å². The van der Waals surface area contributed by atoms with E-state index in [4.69, 9.17) is 10.3 Å². The maximum Gasteiger partial charge on any atom is 0.258 e. The lowest BCUT2D eigenvalue weighted by Crippen LogP contribution is -2.49. The molecule has 2 aliphatic rings. The van der Waals surface area contributed by atoms with Crippen LogP contribution in [0.25, 0.3) is 11.5 Å². The SMILES string of the molecule is Cc1ccccc1-c1nc(CNC(=O)C2CC3CCCC(C2)C3N)no1.Cl. The summed E-state index contributed by atoms with van der Waals surface area (Å²) in [7, 11) is 0. The lowest BCUT2D eigenvalue weighted by atomic mass is 9.65. The second kappa shape index (κ2) is 8.40. The van der Waals surface area contributed by atoms with E-state index in [1.165, 1.54) is 6.42 Å². The molecule has 0 radical (unpaired) electrons. The first kappa shape index (κ1) is 19.8. The largest absolute Gasteiger partial charge is 0.348 e. The number of rotatable bonds is 4. The number of hydrogen-bond donors (Lipinski definition) is 2. The van der Waals surface area contributed by atoms with Crippen LogP contribution >= 0.6 is 12.4 Å². The van der Waals surface area contributed by atoms with Gasteiger partial charge in [-0.2, -0.15) is 4.98 Å². The van der Waals surface area contributed by atoms with Crippen LogP contribution in [-0.2, 0) is 11.3 Å². The molecule has 4 rings (SSSR count). The molecular formula is C20H27ClN4O2. The smallest absolute Gasteiger partial charge is 0.258 e. The monoisotopic (exact) mass is 390 g/mol. The van der Waals surface area contributed by atoms with E-state index < -0.39 is 0 Å². The maximum absolute atomic E-state index is 12.6. The predicted octanol–water partition coefficient (Wildman–Crippen LogP) is 3.24. The van der Waals surface area contributed by atoms with E-state index in [1.54, 1.807) is 0 Å². The van der Waals surface area contributed by atoms with Gasteiger partial charge in [0, 0.05) is 17.5 Å². The third-order valence-corrected chi connectivity index (χ3v) is 6.05. The molecule has 0 aliphatic heterocycles. The Bertz CT molecular complexity index is 780. The van der Waals surface area contributed by atoms with Crippen LogP contribution in [0.1, 0.15) is 43.5 Å². The Morgan fingerprint density at radius 2 is 1.96 bits per heavy atom. The Labute approximate surface area is 165 Å².